The molecule has 6 aliphatic rings. The molecule has 0 radical (unpaired) electrons. The maximum absolute atomic E-state index is 14.1. The van der Waals surface area contributed by atoms with Gasteiger partial charge in [-0.25, -0.2) is 39.5 Å². The standard InChI is InChI=1S/C27H27F9N2O5.C22H30F12N2O5.C15H20F10O4.C12H22O6S2.C11H17NO3/c1-10(2)41-27-42-14(8-37-16(39)6-4-12-20(30)18(28)11(3)19(29)21(12)31)15(43-27)9-38-17(40)7-5-13-22(32)24(34)26(36)25(35)23(13)33;1-11(2)39-16-40-12(9-35-14(37)5-7-19(27,28)21(31,32)17(3,23)24)13(41-16)10-36-15(38)6-8-20(29,30)22(33,34)18(4,25)26;1-8(2)28-10-27-7-9(29-10)6-26-5-4-12(18,19)14(22,23)15(24,25)13(20,21)11(3,16)17;1-8(2)16-12-15-5-10(18-12)7-20-19-6-9-4-14-11(3-13)17-9;1-9(2)14-11-13-8-10(15-11)7-12-5-3-4-6-12/h10,14-15,27H,4-9H2,1-3H3,(H,37,39)(H,38,40);11-13,16H,5-10H2,1-4H3,(H,35,37)(H,36,38);8-10H,4-7H2,1-3H3;8-13H,3-7H2,1-2H3;3-6,9-11H,7-8H2,1-2H3. The Kier molecular flexibility index (Phi) is 50.9. The zero-order valence-corrected chi connectivity index (χ0v) is 83.1. The Morgan fingerprint density at radius 2 is 0.669 bits per heavy atom. The fraction of sp³-hybridized carbons (Fsp3) is 0.770. The Morgan fingerprint density at radius 1 is 0.372 bits per heavy atom. The van der Waals surface area contributed by atoms with Crippen LogP contribution in [0.1, 0.15) is 152 Å². The van der Waals surface area contributed by atoms with Crippen molar-refractivity contribution in [1.29, 1.82) is 0 Å². The van der Waals surface area contributed by atoms with E-state index in [-0.39, 0.29) is 69.0 Å². The minimum absolute atomic E-state index is 0.0578. The van der Waals surface area contributed by atoms with E-state index in [9.17, 15) is 155 Å². The quantitative estimate of drug-likeness (QED) is 0.0115. The molecule has 13 unspecified atom stereocenters. The van der Waals surface area contributed by atoms with Gasteiger partial charge in [-0.2, -0.15) is 96.6 Å². The smallest absolute Gasteiger partial charge is 0.384 e. The van der Waals surface area contributed by atoms with Gasteiger partial charge in [-0.15, -0.1) is 0 Å². The maximum Gasteiger partial charge on any atom is 0.384 e. The topological polar surface area (TPSA) is 308 Å². The highest BCUT2D eigenvalue weighted by molar-refractivity contribution is 8.76. The number of ether oxygens (including phenoxy) is 18. The highest BCUT2D eigenvalue weighted by atomic mass is 33.1. The number of rotatable bonds is 51. The Morgan fingerprint density at radius 3 is 1.01 bits per heavy atom. The van der Waals surface area contributed by atoms with Crippen LogP contribution < -0.4 is 21.3 Å². The summed E-state index contributed by atoms with van der Waals surface area (Å²) in [6, 6.07) is 4.00. The lowest BCUT2D eigenvalue weighted by atomic mass is 9.94. The van der Waals surface area contributed by atoms with Crippen LogP contribution in [-0.2, 0) is 124 Å². The monoisotopic (exact) mass is 2250 g/mol. The molecule has 0 saturated carbocycles. The molecule has 7 heterocycles. The molecule has 61 heteroatoms. The Balaban J connectivity index is 0.000000339. The van der Waals surface area contributed by atoms with Crippen LogP contribution in [0.2, 0.25) is 0 Å². The van der Waals surface area contributed by atoms with Gasteiger partial charge in [0, 0.05) is 132 Å². The van der Waals surface area contributed by atoms with Gasteiger partial charge in [-0.05, 0) is 101 Å². The van der Waals surface area contributed by atoms with E-state index in [0.717, 1.165) is 25.0 Å². The Bertz CT molecular complexity index is 4360. The molecule has 6 aliphatic heterocycles. The van der Waals surface area contributed by atoms with E-state index in [4.69, 9.17) is 85.6 Å². The summed E-state index contributed by atoms with van der Waals surface area (Å²) >= 11 is 0. The third-order valence-electron chi connectivity index (χ3n) is 20.8. The van der Waals surface area contributed by atoms with Crippen molar-refractivity contribution < 1.29 is 246 Å². The lowest BCUT2D eigenvalue weighted by Gasteiger charge is -2.38. The number of aliphatic hydroxyl groups is 1. The van der Waals surface area contributed by atoms with Crippen molar-refractivity contribution in [2.75, 3.05) is 83.9 Å². The second kappa shape index (κ2) is 57.2. The average Bonchev–Trinajstić information content (AvgIpc) is 0.893. The van der Waals surface area contributed by atoms with E-state index < -0.39 is 338 Å². The van der Waals surface area contributed by atoms with Crippen molar-refractivity contribution in [2.24, 2.45) is 0 Å². The number of carbonyl (C=O) groups is 4. The summed E-state index contributed by atoms with van der Waals surface area (Å²) in [6.07, 6.45) is -13.8. The molecule has 3 aromatic rings. The lowest BCUT2D eigenvalue weighted by Crippen LogP contribution is -2.66. The predicted molar refractivity (Wildman–Crippen MR) is 454 cm³/mol. The molecule has 4 amide bonds. The number of benzene rings is 2. The number of halogens is 31. The first-order valence-electron chi connectivity index (χ1n) is 45.2. The first-order chi connectivity index (χ1) is 68.2. The molecule has 2 aromatic carbocycles. The number of nitrogens with one attached hydrogen (secondary N) is 4. The van der Waals surface area contributed by atoms with E-state index in [1.54, 1.807) is 63.1 Å². The van der Waals surface area contributed by atoms with Gasteiger partial charge in [0.25, 0.3) is 32.4 Å². The number of amides is 4. The van der Waals surface area contributed by atoms with Gasteiger partial charge in [-0.1, -0.05) is 21.6 Å². The predicted octanol–water partition coefficient (Wildman–Crippen LogP) is 17.2. The van der Waals surface area contributed by atoms with Crippen LogP contribution in [0.25, 0.3) is 0 Å². The summed E-state index contributed by atoms with van der Waals surface area (Å²) in [7, 11) is 3.44. The highest BCUT2D eigenvalue weighted by Gasteiger charge is 2.85. The second-order valence-corrected chi connectivity index (χ2v) is 37.6. The normalized spacial score (nSPS) is 23.0. The largest absolute Gasteiger partial charge is 0.391 e. The SMILES string of the molecule is CC(C)OC1OC(CNC(=O)CCC(F)(F)C(F)(F)C(C)(F)F)C(CNC(=O)CCC(F)(F)C(F)(F)C(C)(F)F)O1.CC(C)OC1OCC(COCCC(F)(F)C(F)(F)C(F)(F)C(F)(F)C(C)(F)F)O1.CC(C)OC1OCC(CSSCC2COC(CO)O2)O1.CC(C)OC1OCC(Cn2cccc2)O1.Cc1c(F)c(F)c(CCC(=O)NCC2OC(OC(C)C)OC2CNC(=O)CCc2c(F)c(F)c(F)c(F)c2F)c(F)c1F. The summed E-state index contributed by atoms with van der Waals surface area (Å²) in [4.78, 5) is 48.5. The fourth-order valence-electron chi connectivity index (χ4n) is 12.7. The average molecular weight is 2250 g/mol. The van der Waals surface area contributed by atoms with Crippen LogP contribution in [-0.4, -0.2) is 300 Å². The molecule has 13 atom stereocenters. The number of aliphatic hydroxyl groups excluding tert-OH is 1. The maximum atomic E-state index is 14.1. The third-order valence-corrected chi connectivity index (χ3v) is 23.3. The van der Waals surface area contributed by atoms with Crippen LogP contribution >= 0.6 is 21.6 Å². The molecule has 6 saturated heterocycles. The van der Waals surface area contributed by atoms with E-state index in [2.05, 4.69) is 19.9 Å². The van der Waals surface area contributed by atoms with Gasteiger partial charge in [0.1, 0.15) is 36.6 Å². The Hall–Kier alpha value is -6.63. The number of aromatic nitrogens is 1. The van der Waals surface area contributed by atoms with Crippen LogP contribution in [0.15, 0.2) is 24.5 Å². The van der Waals surface area contributed by atoms with E-state index in [1.807, 2.05) is 62.9 Å². The van der Waals surface area contributed by atoms with E-state index >= 15 is 0 Å². The van der Waals surface area contributed by atoms with Crippen molar-refractivity contribution in [3.8, 4) is 0 Å². The van der Waals surface area contributed by atoms with Crippen molar-refractivity contribution in [2.45, 2.75) is 344 Å². The summed E-state index contributed by atoms with van der Waals surface area (Å²) in [5.41, 5.74) is -2.93. The molecule has 148 heavy (non-hydrogen) atoms. The molecule has 28 nitrogen and oxygen atoms in total. The molecule has 0 bridgehead atoms. The number of nitrogens with zero attached hydrogens (tertiary/aromatic N) is 1. The van der Waals surface area contributed by atoms with Crippen LogP contribution in [0.3, 0.4) is 0 Å². The minimum atomic E-state index is -7.04. The van der Waals surface area contributed by atoms with Gasteiger partial charge in [0.2, 0.25) is 29.4 Å². The van der Waals surface area contributed by atoms with Crippen molar-refractivity contribution in [1.82, 2.24) is 25.8 Å². The minimum Gasteiger partial charge on any atom is -0.391 e. The number of hydrogen-bond acceptors (Lipinski definition) is 25. The summed E-state index contributed by atoms with van der Waals surface area (Å²) in [6.45, 7) is 10.9. The zero-order valence-electron chi connectivity index (χ0n) is 81.5. The summed E-state index contributed by atoms with van der Waals surface area (Å²) < 4.78 is 513. The zero-order chi connectivity index (χ0) is 112. The molecule has 1 aromatic heterocycles. The van der Waals surface area contributed by atoms with Crippen molar-refractivity contribution in [3.63, 3.8) is 0 Å². The molecule has 6 fully saturated rings. The summed E-state index contributed by atoms with van der Waals surface area (Å²) in [5.74, 6) is -83.7. The first kappa shape index (κ1) is 132. The molecule has 9 rings (SSSR count). The van der Waals surface area contributed by atoms with E-state index in [1.165, 1.54) is 0 Å². The van der Waals surface area contributed by atoms with Gasteiger partial charge in [0.05, 0.1) is 95.5 Å². The summed E-state index contributed by atoms with van der Waals surface area (Å²) in [5, 5.41) is 17.7. The van der Waals surface area contributed by atoms with Gasteiger partial charge >= 0.3 is 65.1 Å². The van der Waals surface area contributed by atoms with Crippen LogP contribution in [0.4, 0.5) is 136 Å². The van der Waals surface area contributed by atoms with Crippen molar-refractivity contribution >= 4 is 45.2 Å². The molecular formula is C87H116F31N5O23S2. The van der Waals surface area contributed by atoms with Gasteiger partial charge in [-0.3, -0.25) is 19.2 Å². The third kappa shape index (κ3) is 38.5. The molecule has 5 N–H and O–H groups in total. The van der Waals surface area contributed by atoms with Gasteiger partial charge in [0.15, 0.2) is 52.8 Å². The molecule has 856 valence electrons. The lowest BCUT2D eigenvalue weighted by molar-refractivity contribution is -0.400. The Labute approximate surface area is 835 Å². The molecule has 0 aliphatic carbocycles. The van der Waals surface area contributed by atoms with Crippen LogP contribution in [0.5, 0.6) is 0 Å². The molecule has 0 spiro atoms. The highest BCUT2D eigenvalue weighted by Crippen LogP contribution is 2.58. The van der Waals surface area contributed by atoms with Gasteiger partial charge < -0.3 is 116 Å². The molecular weight excluding hydrogens is 2140 g/mol. The second-order valence-electron chi connectivity index (χ2n) is 35.1. The number of alkyl halides is 22. The first-order valence-corrected chi connectivity index (χ1v) is 47.7. The number of carbonyl (C=O) groups excluding carboxylic acids is 4. The fourth-order valence-corrected chi connectivity index (χ4v) is 15.0. The number of hydrogen-bond donors (Lipinski definition) is 5. The van der Waals surface area contributed by atoms with Crippen LogP contribution in [0, 0.1) is 59.3 Å². The van der Waals surface area contributed by atoms with E-state index in [0.29, 0.717) is 19.8 Å². The van der Waals surface area contributed by atoms with Crippen molar-refractivity contribution in [3.05, 3.63) is 93.6 Å².